The molecule has 0 aliphatic carbocycles. The van der Waals surface area contributed by atoms with Gasteiger partial charge in [-0.1, -0.05) is 18.2 Å². The van der Waals surface area contributed by atoms with Gasteiger partial charge in [0.2, 0.25) is 0 Å². The molecule has 0 atom stereocenters. The molecule has 0 spiro atoms. The first kappa shape index (κ1) is 11.6. The molecule has 2 N–H and O–H groups in total. The predicted octanol–water partition coefficient (Wildman–Crippen LogP) is 2.29. The summed E-state index contributed by atoms with van der Waals surface area (Å²) in [5, 5.41) is 19.1. The van der Waals surface area contributed by atoms with E-state index in [0.29, 0.717) is 10.9 Å². The van der Waals surface area contributed by atoms with E-state index < -0.39 is 11.7 Å². The minimum Gasteiger partial charge on any atom is -0.506 e. The van der Waals surface area contributed by atoms with Gasteiger partial charge in [0, 0.05) is 10.9 Å². The van der Waals surface area contributed by atoms with Crippen LogP contribution in [0.5, 0.6) is 5.75 Å². The fourth-order valence-electron chi connectivity index (χ4n) is 1.58. The molecule has 1 heterocycles. The molecule has 2 rings (SSSR count). The third-order valence-corrected chi connectivity index (χ3v) is 2.42. The number of aliphatic carboxylic acids is 1. The summed E-state index contributed by atoms with van der Waals surface area (Å²) in [6.07, 6.45) is 2.38. The van der Waals surface area contributed by atoms with Crippen LogP contribution in [0.4, 0.5) is 0 Å². The first-order valence-corrected chi connectivity index (χ1v) is 5.02. The van der Waals surface area contributed by atoms with E-state index in [9.17, 15) is 9.90 Å². The van der Waals surface area contributed by atoms with Gasteiger partial charge in [0.25, 0.3) is 5.70 Å². The van der Waals surface area contributed by atoms with E-state index in [0.717, 1.165) is 6.08 Å². The number of carbonyl (C=O) groups is 1. The highest BCUT2D eigenvalue weighted by atomic mass is 16.4. The number of carboxylic acids is 1. The van der Waals surface area contributed by atoms with Crippen molar-refractivity contribution in [1.29, 1.82) is 0 Å². The maximum absolute atomic E-state index is 10.8. The van der Waals surface area contributed by atoms with Crippen LogP contribution < -0.4 is 0 Å². The zero-order chi connectivity index (χ0) is 13.1. The Balaban J connectivity index is 2.75. The second-order valence-corrected chi connectivity index (χ2v) is 3.52. The first-order chi connectivity index (χ1) is 8.63. The fourth-order valence-corrected chi connectivity index (χ4v) is 1.58. The normalized spacial score (nSPS) is 11.2. The van der Waals surface area contributed by atoms with Gasteiger partial charge in [-0.3, -0.25) is 9.78 Å². The third kappa shape index (κ3) is 1.99. The summed E-state index contributed by atoms with van der Waals surface area (Å²) in [6, 6.07) is 6.98. The Kier molecular flexibility index (Phi) is 2.94. The molecule has 1 aromatic carbocycles. The molecular weight excluding hydrogens is 232 g/mol. The highest BCUT2D eigenvalue weighted by molar-refractivity contribution is 5.99. The molecule has 18 heavy (non-hydrogen) atoms. The van der Waals surface area contributed by atoms with Gasteiger partial charge in [0.15, 0.2) is 0 Å². The van der Waals surface area contributed by atoms with Gasteiger partial charge in [-0.25, -0.2) is 4.85 Å². The molecular formula is C13H8N2O3. The summed E-state index contributed by atoms with van der Waals surface area (Å²) in [6.45, 7) is 6.80. The van der Waals surface area contributed by atoms with Crippen molar-refractivity contribution in [2.75, 3.05) is 0 Å². The monoisotopic (exact) mass is 240 g/mol. The summed E-state index contributed by atoms with van der Waals surface area (Å²) in [5.41, 5.74) is 0.451. The zero-order valence-corrected chi connectivity index (χ0v) is 9.16. The van der Waals surface area contributed by atoms with Gasteiger partial charge in [-0.15, -0.1) is 0 Å². The molecule has 0 radical (unpaired) electrons. The molecule has 0 aliphatic rings. The van der Waals surface area contributed by atoms with Crippen LogP contribution in [0.1, 0.15) is 5.56 Å². The van der Waals surface area contributed by atoms with E-state index in [1.807, 2.05) is 0 Å². The molecule has 1 aromatic heterocycles. The smallest absolute Gasteiger partial charge is 0.333 e. The van der Waals surface area contributed by atoms with Crippen molar-refractivity contribution in [2.24, 2.45) is 0 Å². The molecule has 0 saturated carbocycles. The quantitative estimate of drug-likeness (QED) is 0.623. The topological polar surface area (TPSA) is 74.8 Å². The van der Waals surface area contributed by atoms with Gasteiger partial charge in [-0.05, 0) is 12.1 Å². The number of para-hydroxylation sites is 1. The van der Waals surface area contributed by atoms with E-state index in [4.69, 9.17) is 11.7 Å². The van der Waals surface area contributed by atoms with Crippen molar-refractivity contribution in [3.05, 3.63) is 53.1 Å². The fraction of sp³-hybridized carbons (Fsp3) is 0. The molecule has 0 aliphatic heterocycles. The van der Waals surface area contributed by atoms with Gasteiger partial charge < -0.3 is 10.2 Å². The lowest BCUT2D eigenvalue weighted by Gasteiger charge is -2.04. The summed E-state index contributed by atoms with van der Waals surface area (Å²) in [4.78, 5) is 17.7. The van der Waals surface area contributed by atoms with E-state index in [2.05, 4.69) is 9.83 Å². The Bertz CT molecular complexity index is 699. The Morgan fingerprint density at radius 2 is 2.11 bits per heavy atom. The number of fused-ring (bicyclic) bond motifs is 1. The average Bonchev–Trinajstić information content (AvgIpc) is 2.37. The van der Waals surface area contributed by atoms with Crippen molar-refractivity contribution in [3.63, 3.8) is 0 Å². The Morgan fingerprint density at radius 1 is 1.39 bits per heavy atom. The van der Waals surface area contributed by atoms with Gasteiger partial charge in [-0.2, -0.15) is 0 Å². The maximum Gasteiger partial charge on any atom is 0.333 e. The van der Waals surface area contributed by atoms with E-state index in [1.54, 1.807) is 24.3 Å². The average molecular weight is 240 g/mol. The summed E-state index contributed by atoms with van der Waals surface area (Å²) < 4.78 is 0. The van der Waals surface area contributed by atoms with E-state index in [-0.39, 0.29) is 11.3 Å². The van der Waals surface area contributed by atoms with Gasteiger partial charge in [0.05, 0.1) is 18.3 Å². The van der Waals surface area contributed by atoms with Crippen LogP contribution in [-0.2, 0) is 4.79 Å². The van der Waals surface area contributed by atoms with Gasteiger partial charge >= 0.3 is 5.97 Å². The van der Waals surface area contributed by atoms with Crippen molar-refractivity contribution in [2.45, 2.75) is 0 Å². The van der Waals surface area contributed by atoms with Gasteiger partial charge in [0.1, 0.15) is 5.75 Å². The van der Waals surface area contributed by atoms with Crippen molar-refractivity contribution < 1.29 is 15.0 Å². The maximum atomic E-state index is 10.8. The van der Waals surface area contributed by atoms with Crippen molar-refractivity contribution >= 4 is 22.9 Å². The molecule has 0 bridgehead atoms. The number of nitrogens with zero attached hydrogens (tertiary/aromatic N) is 2. The van der Waals surface area contributed by atoms with Crippen LogP contribution in [-0.4, -0.2) is 21.2 Å². The Morgan fingerprint density at radius 3 is 2.78 bits per heavy atom. The Labute approximate surface area is 102 Å². The lowest BCUT2D eigenvalue weighted by Crippen LogP contribution is -1.96. The second kappa shape index (κ2) is 4.55. The molecule has 88 valence electrons. The number of hydrogen-bond donors (Lipinski definition) is 2. The molecule has 2 aromatic rings. The van der Waals surface area contributed by atoms with Crippen molar-refractivity contribution in [3.8, 4) is 5.75 Å². The molecule has 0 saturated heterocycles. The number of aromatic nitrogens is 1. The number of benzene rings is 1. The van der Waals surface area contributed by atoms with E-state index >= 15 is 0 Å². The lowest BCUT2D eigenvalue weighted by atomic mass is 10.1. The number of rotatable bonds is 2. The highest BCUT2D eigenvalue weighted by Crippen LogP contribution is 2.27. The second-order valence-electron chi connectivity index (χ2n) is 3.52. The Hall–Kier alpha value is -2.87. The van der Waals surface area contributed by atoms with Crippen LogP contribution in [0, 0.1) is 6.57 Å². The van der Waals surface area contributed by atoms with Crippen LogP contribution in [0.15, 0.2) is 36.2 Å². The summed E-state index contributed by atoms with van der Waals surface area (Å²) in [7, 11) is 0. The lowest BCUT2D eigenvalue weighted by molar-refractivity contribution is -0.132. The van der Waals surface area contributed by atoms with Crippen LogP contribution in [0.25, 0.3) is 21.8 Å². The molecule has 5 nitrogen and oxygen atoms in total. The van der Waals surface area contributed by atoms with Crippen LogP contribution in [0.3, 0.4) is 0 Å². The molecule has 0 amide bonds. The molecule has 0 unspecified atom stereocenters. The predicted molar refractivity (Wildman–Crippen MR) is 65.6 cm³/mol. The van der Waals surface area contributed by atoms with Crippen LogP contribution >= 0.6 is 0 Å². The number of aromatic hydroxyl groups is 1. The minimum absolute atomic E-state index is 0.156. The summed E-state index contributed by atoms with van der Waals surface area (Å²) in [5.74, 6) is -1.48. The summed E-state index contributed by atoms with van der Waals surface area (Å²) >= 11 is 0. The van der Waals surface area contributed by atoms with Crippen LogP contribution in [0.2, 0.25) is 0 Å². The number of carboxylic acid groups (broad SMARTS) is 1. The number of hydrogen-bond acceptors (Lipinski definition) is 3. The highest BCUT2D eigenvalue weighted by Gasteiger charge is 2.11. The standard InChI is InChI=1S/C13H8N2O3/c1-14-11(13(17)18)6-9-8-4-2-3-5-10(8)15-7-12(9)16/h2-7,16H,(H,17,18)/b11-6-. The number of pyridine rings is 1. The zero-order valence-electron chi connectivity index (χ0n) is 9.16. The molecule has 5 heteroatoms. The third-order valence-electron chi connectivity index (χ3n) is 2.42. The molecule has 0 fully saturated rings. The minimum atomic E-state index is -1.33. The first-order valence-electron chi connectivity index (χ1n) is 5.02. The van der Waals surface area contributed by atoms with E-state index in [1.165, 1.54) is 6.20 Å². The van der Waals surface area contributed by atoms with Crippen molar-refractivity contribution in [1.82, 2.24) is 4.98 Å². The largest absolute Gasteiger partial charge is 0.506 e. The SMILES string of the molecule is [C-]#[N+]/C(=C\c1c(O)cnc2ccccc12)C(=O)O.